The zero-order valence-corrected chi connectivity index (χ0v) is 22.8. The topological polar surface area (TPSA) is 18.5 Å². The second-order valence-electron chi connectivity index (χ2n) is 11.9. The number of aryl methyl sites for hydroxylation is 1. The smallest absolute Gasteiger partial charge is 0.419 e. The van der Waals surface area contributed by atoms with E-state index < -0.39 is 17.6 Å². The predicted molar refractivity (Wildman–Crippen MR) is 139 cm³/mol. The Bertz CT molecular complexity index is 830. The van der Waals surface area contributed by atoms with Gasteiger partial charge in [-0.2, -0.15) is 13.2 Å². The molecule has 3 aliphatic rings. The maximum atomic E-state index is 14.6. The van der Waals surface area contributed by atoms with E-state index in [0.29, 0.717) is 18.9 Å². The summed E-state index contributed by atoms with van der Waals surface area (Å²) in [7, 11) is 0. The molecule has 0 radical (unpaired) electrons. The summed E-state index contributed by atoms with van der Waals surface area (Å²) in [5.41, 5.74) is -1.20. The van der Waals surface area contributed by atoms with Gasteiger partial charge >= 0.3 is 6.18 Å². The summed E-state index contributed by atoms with van der Waals surface area (Å²) in [6, 6.07) is 2.67. The molecular formula is C31H46F4O2. The van der Waals surface area contributed by atoms with Gasteiger partial charge in [0.15, 0.2) is 11.6 Å². The molecule has 2 aliphatic carbocycles. The average Bonchev–Trinajstić information content (AvgIpc) is 2.89. The van der Waals surface area contributed by atoms with E-state index in [9.17, 15) is 17.6 Å². The van der Waals surface area contributed by atoms with Crippen molar-refractivity contribution in [3.8, 4) is 5.75 Å². The van der Waals surface area contributed by atoms with Crippen molar-refractivity contribution in [3.63, 3.8) is 0 Å². The lowest BCUT2D eigenvalue weighted by Crippen LogP contribution is -2.34. The van der Waals surface area contributed by atoms with Crippen LogP contribution in [0.3, 0.4) is 0 Å². The number of hydrogen-bond acceptors (Lipinski definition) is 2. The fourth-order valence-corrected chi connectivity index (χ4v) is 7.57. The van der Waals surface area contributed by atoms with Gasteiger partial charge in [0.05, 0.1) is 24.9 Å². The molecule has 1 saturated heterocycles. The Morgan fingerprint density at radius 3 is 1.95 bits per heavy atom. The van der Waals surface area contributed by atoms with E-state index in [4.69, 9.17) is 9.47 Å². The first kappa shape index (κ1) is 28.7. The van der Waals surface area contributed by atoms with Gasteiger partial charge in [-0.25, -0.2) is 4.39 Å². The summed E-state index contributed by atoms with van der Waals surface area (Å²) in [4.78, 5) is 0. The van der Waals surface area contributed by atoms with Crippen molar-refractivity contribution in [2.24, 2.45) is 29.6 Å². The second kappa shape index (κ2) is 13.2. The predicted octanol–water partition coefficient (Wildman–Crippen LogP) is 9.38. The van der Waals surface area contributed by atoms with Crippen molar-refractivity contribution in [2.75, 3.05) is 13.2 Å². The van der Waals surface area contributed by atoms with Gasteiger partial charge in [0.2, 0.25) is 0 Å². The first-order chi connectivity index (χ1) is 17.8. The maximum absolute atomic E-state index is 14.6. The molecule has 1 aromatic rings. The molecule has 37 heavy (non-hydrogen) atoms. The molecule has 0 aromatic heterocycles. The Hall–Kier alpha value is -1.30. The highest BCUT2D eigenvalue weighted by Gasteiger charge is 2.39. The van der Waals surface area contributed by atoms with Crippen molar-refractivity contribution >= 4 is 0 Å². The van der Waals surface area contributed by atoms with Crippen LogP contribution in [0.25, 0.3) is 0 Å². The zero-order chi connectivity index (χ0) is 26.4. The van der Waals surface area contributed by atoms with Crippen LogP contribution in [0.4, 0.5) is 17.6 Å². The highest BCUT2D eigenvalue weighted by molar-refractivity contribution is 5.39. The summed E-state index contributed by atoms with van der Waals surface area (Å²) in [5, 5.41) is 0. The summed E-state index contributed by atoms with van der Waals surface area (Å²) in [6.45, 7) is 4.76. The van der Waals surface area contributed by atoms with Gasteiger partial charge in [-0.1, -0.05) is 38.7 Å². The Balaban J connectivity index is 1.21. The minimum Gasteiger partial charge on any atom is -0.491 e. The molecule has 3 fully saturated rings. The lowest BCUT2D eigenvalue weighted by atomic mass is 9.66. The SMILES string of the molecule is CCCC1CCC(C2CCC(C3CCC(CCc4ccc(OCC)c(F)c4C(F)(F)F)OC3)CC2)CC1. The fourth-order valence-electron chi connectivity index (χ4n) is 7.57. The van der Waals surface area contributed by atoms with E-state index in [1.165, 1.54) is 76.3 Å². The number of ether oxygens (including phenoxy) is 2. The molecule has 210 valence electrons. The average molecular weight is 527 g/mol. The molecule has 0 amide bonds. The van der Waals surface area contributed by atoms with Crippen LogP contribution in [-0.4, -0.2) is 19.3 Å². The molecule has 2 nitrogen and oxygen atoms in total. The fraction of sp³-hybridized carbons (Fsp3) is 0.806. The monoisotopic (exact) mass is 526 g/mol. The summed E-state index contributed by atoms with van der Waals surface area (Å²) in [6.07, 6.45) is 11.6. The lowest BCUT2D eigenvalue weighted by Gasteiger charge is -2.41. The molecule has 4 rings (SSSR count). The second-order valence-corrected chi connectivity index (χ2v) is 11.9. The van der Waals surface area contributed by atoms with Crippen LogP contribution in [0.15, 0.2) is 12.1 Å². The van der Waals surface area contributed by atoms with Crippen LogP contribution >= 0.6 is 0 Å². The molecule has 2 atom stereocenters. The van der Waals surface area contributed by atoms with Gasteiger partial charge in [-0.3, -0.25) is 0 Å². The van der Waals surface area contributed by atoms with Crippen molar-refractivity contribution in [2.45, 2.75) is 116 Å². The maximum Gasteiger partial charge on any atom is 0.419 e. The van der Waals surface area contributed by atoms with E-state index in [2.05, 4.69) is 6.92 Å². The molecule has 0 N–H and O–H groups in total. The third-order valence-electron chi connectivity index (χ3n) is 9.66. The zero-order valence-electron chi connectivity index (χ0n) is 22.8. The van der Waals surface area contributed by atoms with Crippen molar-refractivity contribution in [1.29, 1.82) is 0 Å². The molecule has 1 aliphatic heterocycles. The van der Waals surface area contributed by atoms with E-state index >= 15 is 0 Å². The van der Waals surface area contributed by atoms with Crippen molar-refractivity contribution in [3.05, 3.63) is 29.1 Å². The summed E-state index contributed by atoms with van der Waals surface area (Å²) >= 11 is 0. The van der Waals surface area contributed by atoms with E-state index in [1.807, 2.05) is 0 Å². The highest BCUT2D eigenvalue weighted by atomic mass is 19.4. The number of halogens is 4. The standard InChI is InChI=1S/C31H46F4O2/c1-3-5-21-6-8-22(9-7-21)23-10-12-24(13-11-23)26-15-18-27(37-20-26)17-14-25-16-19-28(36-4-2)30(32)29(25)31(33,34)35/h16,19,21-24,26-27H,3-15,17-18,20H2,1-2H3. The van der Waals surface area contributed by atoms with Gasteiger partial charge < -0.3 is 9.47 Å². The summed E-state index contributed by atoms with van der Waals surface area (Å²) in [5.74, 6) is 2.48. The van der Waals surface area contributed by atoms with Crippen LogP contribution in [0.2, 0.25) is 0 Å². The molecular weight excluding hydrogens is 480 g/mol. The molecule has 0 bridgehead atoms. The van der Waals surface area contributed by atoms with Gasteiger partial charge in [0.25, 0.3) is 0 Å². The largest absolute Gasteiger partial charge is 0.491 e. The van der Waals surface area contributed by atoms with Crippen LogP contribution < -0.4 is 4.74 Å². The first-order valence-corrected chi connectivity index (χ1v) is 14.9. The molecule has 1 heterocycles. The van der Waals surface area contributed by atoms with Crippen molar-refractivity contribution in [1.82, 2.24) is 0 Å². The number of hydrogen-bond donors (Lipinski definition) is 0. The third-order valence-corrected chi connectivity index (χ3v) is 9.66. The minimum absolute atomic E-state index is 0.0128. The van der Waals surface area contributed by atoms with Gasteiger partial charge in [0.1, 0.15) is 0 Å². The highest BCUT2D eigenvalue weighted by Crippen LogP contribution is 2.45. The molecule has 2 saturated carbocycles. The van der Waals surface area contributed by atoms with E-state index in [-0.39, 0.29) is 30.4 Å². The molecule has 2 unspecified atom stereocenters. The van der Waals surface area contributed by atoms with Gasteiger partial charge in [0, 0.05) is 0 Å². The van der Waals surface area contributed by atoms with Gasteiger partial charge in [-0.05, 0) is 112 Å². The van der Waals surface area contributed by atoms with Crippen LogP contribution in [0, 0.1) is 35.4 Å². The quantitative estimate of drug-likeness (QED) is 0.298. The van der Waals surface area contributed by atoms with Crippen LogP contribution in [0.5, 0.6) is 5.75 Å². The third kappa shape index (κ3) is 7.42. The Labute approximate surface area is 220 Å². The number of rotatable bonds is 9. The Morgan fingerprint density at radius 2 is 1.41 bits per heavy atom. The number of benzene rings is 1. The Kier molecular flexibility index (Phi) is 10.2. The molecule has 6 heteroatoms. The van der Waals surface area contributed by atoms with Crippen molar-refractivity contribution < 1.29 is 27.0 Å². The normalized spacial score (nSPS) is 31.3. The Morgan fingerprint density at radius 1 is 0.811 bits per heavy atom. The van der Waals surface area contributed by atoms with Crippen LogP contribution in [-0.2, 0) is 17.3 Å². The van der Waals surface area contributed by atoms with Gasteiger partial charge in [-0.15, -0.1) is 0 Å². The van der Waals surface area contributed by atoms with Crippen LogP contribution in [0.1, 0.15) is 108 Å². The molecule has 1 aromatic carbocycles. The minimum atomic E-state index is -4.75. The van der Waals surface area contributed by atoms with E-state index in [0.717, 1.165) is 36.5 Å². The molecule has 0 spiro atoms. The lowest BCUT2D eigenvalue weighted by molar-refractivity contribution is -0.140. The number of alkyl halides is 3. The summed E-state index contributed by atoms with van der Waals surface area (Å²) < 4.78 is 66.6. The first-order valence-electron chi connectivity index (χ1n) is 14.9. The van der Waals surface area contributed by atoms with E-state index in [1.54, 1.807) is 6.92 Å².